The van der Waals surface area contributed by atoms with E-state index in [1.165, 1.54) is 18.3 Å². The van der Waals surface area contributed by atoms with Crippen molar-refractivity contribution in [3.63, 3.8) is 0 Å². The number of esters is 1. The van der Waals surface area contributed by atoms with Gasteiger partial charge >= 0.3 is 35.5 Å². The Kier molecular flexibility index (Phi) is 6.95. The fraction of sp³-hybridized carbons (Fsp3) is 0.250. The number of carbonyl (C=O) groups excluding carboxylic acids is 1. The molecule has 1 aromatic rings. The van der Waals surface area contributed by atoms with Crippen molar-refractivity contribution in [2.45, 2.75) is 11.9 Å². The third kappa shape index (κ3) is 4.00. The Balaban J connectivity index is 0.00000196. The number of hydrogen-bond donors (Lipinski definition) is 0. The molecule has 0 fully saturated rings. The Bertz CT molecular complexity index is 371. The van der Waals surface area contributed by atoms with Crippen LogP contribution in [-0.4, -0.2) is 26.3 Å². The van der Waals surface area contributed by atoms with Gasteiger partial charge in [-0.2, -0.15) is 0 Å². The van der Waals surface area contributed by atoms with Crippen LogP contribution in [0, 0.1) is 0 Å². The molecule has 0 amide bonds. The van der Waals surface area contributed by atoms with Gasteiger partial charge in [-0.1, -0.05) is 0 Å². The normalized spacial score (nSPS) is 11.3. The third-order valence-electron chi connectivity index (χ3n) is 1.42. The van der Waals surface area contributed by atoms with Gasteiger partial charge in [-0.15, -0.1) is 0 Å². The van der Waals surface area contributed by atoms with Gasteiger partial charge in [-0.3, -0.25) is 4.21 Å². The second-order valence-corrected chi connectivity index (χ2v) is 3.17. The molecule has 5 nitrogen and oxygen atoms in total. The summed E-state index contributed by atoms with van der Waals surface area (Å²) < 4.78 is 26.0. The smallest absolute Gasteiger partial charge is 0.767 e. The maximum Gasteiger partial charge on any atom is 1.00 e. The van der Waals surface area contributed by atoms with E-state index in [2.05, 4.69) is 9.72 Å². The summed E-state index contributed by atoms with van der Waals surface area (Å²) in [5, 5.41) is -0.286. The molecule has 0 aliphatic carbocycles. The molecule has 15 heavy (non-hydrogen) atoms. The van der Waals surface area contributed by atoms with Crippen molar-refractivity contribution < 1.29 is 47.9 Å². The molecule has 76 valence electrons. The summed E-state index contributed by atoms with van der Waals surface area (Å²) in [6.07, 6.45) is 1.30. The average molecular weight is 237 g/mol. The average Bonchev–Trinajstić information content (AvgIpc) is 2.18. The van der Waals surface area contributed by atoms with Crippen molar-refractivity contribution in [2.75, 3.05) is 6.61 Å². The first-order valence-corrected chi connectivity index (χ1v) is 4.95. The van der Waals surface area contributed by atoms with Gasteiger partial charge in [0.1, 0.15) is 5.03 Å². The monoisotopic (exact) mass is 237 g/mol. The largest absolute Gasteiger partial charge is 1.00 e. The van der Waals surface area contributed by atoms with Gasteiger partial charge in [-0.25, -0.2) is 9.78 Å². The molecule has 0 aliphatic heterocycles. The SMILES string of the molecule is CCOC(=O)c1cccnc1S(=O)[O-].[Na+]. The Labute approximate surface area is 112 Å². The minimum absolute atomic E-state index is 0. The molecule has 0 saturated carbocycles. The Morgan fingerprint density at radius 2 is 2.33 bits per heavy atom. The molecule has 1 atom stereocenters. The number of carbonyl (C=O) groups is 1. The van der Waals surface area contributed by atoms with Crippen molar-refractivity contribution in [3.8, 4) is 0 Å². The first-order chi connectivity index (χ1) is 6.66. The summed E-state index contributed by atoms with van der Waals surface area (Å²) in [6, 6.07) is 2.83. The van der Waals surface area contributed by atoms with Crippen LogP contribution in [0.1, 0.15) is 17.3 Å². The summed E-state index contributed by atoms with van der Waals surface area (Å²) in [6.45, 7) is 1.83. The van der Waals surface area contributed by atoms with Gasteiger partial charge in [0, 0.05) is 6.20 Å². The van der Waals surface area contributed by atoms with Gasteiger partial charge < -0.3 is 9.29 Å². The summed E-state index contributed by atoms with van der Waals surface area (Å²) in [5.41, 5.74) is -0.0392. The first-order valence-electron chi connectivity index (χ1n) is 3.88. The second-order valence-electron chi connectivity index (χ2n) is 2.31. The fourth-order valence-electron chi connectivity index (χ4n) is 0.888. The molecule has 0 aliphatic rings. The maximum absolute atomic E-state index is 11.2. The Morgan fingerprint density at radius 3 is 2.87 bits per heavy atom. The number of hydrogen-bond acceptors (Lipinski definition) is 5. The molecule has 0 spiro atoms. The molecular weight excluding hydrogens is 229 g/mol. The van der Waals surface area contributed by atoms with Crippen molar-refractivity contribution in [1.82, 2.24) is 4.98 Å². The second kappa shape index (κ2) is 7.08. The van der Waals surface area contributed by atoms with Crippen LogP contribution < -0.4 is 29.6 Å². The molecule has 7 heteroatoms. The van der Waals surface area contributed by atoms with Gasteiger partial charge in [0.15, 0.2) is 0 Å². The molecule has 1 aromatic heterocycles. The van der Waals surface area contributed by atoms with Crippen molar-refractivity contribution >= 4 is 17.0 Å². The van der Waals surface area contributed by atoms with Gasteiger partial charge in [0.25, 0.3) is 0 Å². The summed E-state index contributed by atoms with van der Waals surface area (Å²) in [7, 11) is 0. The zero-order valence-electron chi connectivity index (χ0n) is 8.43. The maximum atomic E-state index is 11.2. The van der Waals surface area contributed by atoms with Crippen LogP contribution in [0.5, 0.6) is 0 Å². The summed E-state index contributed by atoms with van der Waals surface area (Å²) in [5.74, 6) is -0.681. The fourth-order valence-corrected chi connectivity index (χ4v) is 1.37. The van der Waals surface area contributed by atoms with Crippen molar-refractivity contribution in [3.05, 3.63) is 23.9 Å². The molecular formula is C8H8NNaO4S. The molecule has 0 N–H and O–H groups in total. The van der Waals surface area contributed by atoms with Crippen LogP contribution in [0.3, 0.4) is 0 Å². The van der Waals surface area contributed by atoms with Crippen molar-refractivity contribution in [2.24, 2.45) is 0 Å². The van der Waals surface area contributed by atoms with E-state index in [0.29, 0.717) is 0 Å². The van der Waals surface area contributed by atoms with E-state index in [0.717, 1.165) is 0 Å². The summed E-state index contributed by atoms with van der Waals surface area (Å²) >= 11 is -2.53. The van der Waals surface area contributed by atoms with Crippen LogP contribution in [0.15, 0.2) is 23.4 Å². The third-order valence-corrected chi connectivity index (χ3v) is 2.07. The minimum Gasteiger partial charge on any atom is -0.767 e. The zero-order valence-corrected chi connectivity index (χ0v) is 11.2. The number of pyridine rings is 1. The Morgan fingerprint density at radius 1 is 1.67 bits per heavy atom. The molecule has 0 aromatic carbocycles. The van der Waals surface area contributed by atoms with Gasteiger partial charge in [0.2, 0.25) is 0 Å². The van der Waals surface area contributed by atoms with E-state index in [1.807, 2.05) is 0 Å². The quantitative estimate of drug-likeness (QED) is 0.330. The summed E-state index contributed by atoms with van der Waals surface area (Å²) in [4.78, 5) is 14.8. The van der Waals surface area contributed by atoms with E-state index in [4.69, 9.17) is 0 Å². The van der Waals surface area contributed by atoms with E-state index in [1.54, 1.807) is 6.92 Å². The number of ether oxygens (including phenoxy) is 1. The number of nitrogens with zero attached hydrogens (tertiary/aromatic N) is 1. The first kappa shape index (κ1) is 14.7. The van der Waals surface area contributed by atoms with Crippen LogP contribution >= 0.6 is 0 Å². The van der Waals surface area contributed by atoms with E-state index >= 15 is 0 Å². The zero-order chi connectivity index (χ0) is 10.6. The predicted molar refractivity (Wildman–Crippen MR) is 47.4 cm³/mol. The number of rotatable bonds is 3. The molecule has 1 heterocycles. The van der Waals surface area contributed by atoms with E-state index in [-0.39, 0.29) is 46.8 Å². The Hall–Kier alpha value is -0.270. The van der Waals surface area contributed by atoms with Crippen LogP contribution in [-0.2, 0) is 15.8 Å². The van der Waals surface area contributed by atoms with Crippen LogP contribution in [0.25, 0.3) is 0 Å². The standard InChI is InChI=1S/C8H9NO4S.Na/c1-2-13-8(10)6-4-3-5-9-7(6)14(11)12;/h3-5H,2H2,1H3,(H,11,12);/q;+1/p-1. The van der Waals surface area contributed by atoms with Crippen molar-refractivity contribution in [1.29, 1.82) is 0 Å². The molecule has 1 rings (SSSR count). The van der Waals surface area contributed by atoms with Gasteiger partial charge in [0.05, 0.1) is 12.2 Å². The minimum atomic E-state index is -2.53. The van der Waals surface area contributed by atoms with E-state index < -0.39 is 17.0 Å². The predicted octanol–water partition coefficient (Wildman–Crippen LogP) is -2.50. The van der Waals surface area contributed by atoms with Gasteiger partial charge in [-0.05, 0) is 30.1 Å². The molecule has 1 unspecified atom stereocenters. The molecule has 0 bridgehead atoms. The topological polar surface area (TPSA) is 79.3 Å². The number of aromatic nitrogens is 1. The van der Waals surface area contributed by atoms with Crippen LogP contribution in [0.2, 0.25) is 0 Å². The van der Waals surface area contributed by atoms with Crippen LogP contribution in [0.4, 0.5) is 0 Å². The molecule has 0 saturated heterocycles. The molecule has 0 radical (unpaired) electrons. The van der Waals surface area contributed by atoms with E-state index in [9.17, 15) is 13.6 Å².